The first kappa shape index (κ1) is 12.0. The molecule has 2 rings (SSSR count). The molecule has 4 nitrogen and oxygen atoms in total. The number of pyridine rings is 1. The van der Waals surface area contributed by atoms with E-state index < -0.39 is 0 Å². The molecule has 17 heavy (non-hydrogen) atoms. The average Bonchev–Trinajstić information content (AvgIpc) is 2.89. The van der Waals surface area contributed by atoms with Gasteiger partial charge in [-0.3, -0.25) is 9.97 Å². The second kappa shape index (κ2) is 5.75. The summed E-state index contributed by atoms with van der Waals surface area (Å²) in [4.78, 5) is 9.49. The Bertz CT molecular complexity index is 459. The van der Waals surface area contributed by atoms with E-state index in [-0.39, 0.29) is 6.04 Å². The van der Waals surface area contributed by atoms with Gasteiger partial charge in [-0.2, -0.15) is 0 Å². The number of aromatic nitrogens is 2. The molecular formula is C12H15N3OS. The fourth-order valence-electron chi connectivity index (χ4n) is 1.66. The summed E-state index contributed by atoms with van der Waals surface area (Å²) in [6.45, 7) is 2.97. The maximum Gasteiger partial charge on any atom is 0.137 e. The van der Waals surface area contributed by atoms with E-state index >= 15 is 0 Å². The molecule has 0 aliphatic carbocycles. The van der Waals surface area contributed by atoms with Gasteiger partial charge in [0.25, 0.3) is 0 Å². The van der Waals surface area contributed by atoms with Crippen LogP contribution in [0.4, 0.5) is 0 Å². The van der Waals surface area contributed by atoms with Crippen molar-refractivity contribution in [2.45, 2.75) is 13.0 Å². The zero-order valence-corrected chi connectivity index (χ0v) is 10.7. The van der Waals surface area contributed by atoms with Gasteiger partial charge in [-0.1, -0.05) is 6.92 Å². The lowest BCUT2D eigenvalue weighted by molar-refractivity contribution is 0.411. The maximum atomic E-state index is 5.20. The van der Waals surface area contributed by atoms with Gasteiger partial charge in [-0.25, -0.2) is 0 Å². The Balaban J connectivity index is 2.32. The van der Waals surface area contributed by atoms with Crippen LogP contribution in [0.1, 0.15) is 23.4 Å². The van der Waals surface area contributed by atoms with Crippen LogP contribution in [0, 0.1) is 0 Å². The van der Waals surface area contributed by atoms with Gasteiger partial charge >= 0.3 is 0 Å². The standard InChI is InChI=1S/C12H15N3OS/c1-3-15-12(11-7-14-8-17-11)9-4-10(16-2)6-13-5-9/h4-8,12,15H,3H2,1-2H3. The van der Waals surface area contributed by atoms with Crippen molar-refractivity contribution in [1.82, 2.24) is 15.3 Å². The Morgan fingerprint density at radius 3 is 2.88 bits per heavy atom. The average molecular weight is 249 g/mol. The van der Waals surface area contributed by atoms with Crippen LogP contribution in [0.15, 0.2) is 30.2 Å². The molecule has 90 valence electrons. The minimum atomic E-state index is 0.134. The van der Waals surface area contributed by atoms with Gasteiger partial charge in [-0.15, -0.1) is 11.3 Å². The molecule has 0 aliphatic rings. The second-order valence-electron chi connectivity index (χ2n) is 3.55. The SMILES string of the molecule is CCNC(c1cncc(OC)c1)c1cncs1. The van der Waals surface area contributed by atoms with Crippen molar-refractivity contribution in [2.75, 3.05) is 13.7 Å². The van der Waals surface area contributed by atoms with Crippen LogP contribution in [-0.4, -0.2) is 23.6 Å². The summed E-state index contributed by atoms with van der Waals surface area (Å²) in [6, 6.07) is 2.13. The highest BCUT2D eigenvalue weighted by molar-refractivity contribution is 7.09. The third kappa shape index (κ3) is 2.81. The lowest BCUT2D eigenvalue weighted by Crippen LogP contribution is -2.21. The molecule has 0 saturated heterocycles. The van der Waals surface area contributed by atoms with Crippen molar-refractivity contribution < 1.29 is 4.74 Å². The first-order valence-electron chi connectivity index (χ1n) is 5.46. The van der Waals surface area contributed by atoms with Crippen LogP contribution in [0.5, 0.6) is 5.75 Å². The third-order valence-corrected chi connectivity index (χ3v) is 3.29. The molecule has 0 amide bonds. The number of hydrogen-bond donors (Lipinski definition) is 1. The molecule has 0 bridgehead atoms. The highest BCUT2D eigenvalue weighted by Gasteiger charge is 2.15. The molecule has 0 spiro atoms. The smallest absolute Gasteiger partial charge is 0.137 e. The molecule has 0 aliphatic heterocycles. The van der Waals surface area contributed by atoms with Gasteiger partial charge in [-0.05, 0) is 18.2 Å². The Hall–Kier alpha value is -1.46. The van der Waals surface area contributed by atoms with Gasteiger partial charge in [0, 0.05) is 17.3 Å². The number of rotatable bonds is 5. The van der Waals surface area contributed by atoms with Crippen LogP contribution >= 0.6 is 11.3 Å². The highest BCUT2D eigenvalue weighted by Crippen LogP contribution is 2.26. The molecule has 0 saturated carbocycles. The number of thiazole rings is 1. The van der Waals surface area contributed by atoms with Crippen molar-refractivity contribution in [3.63, 3.8) is 0 Å². The predicted octanol–water partition coefficient (Wildman–Crippen LogP) is 2.25. The van der Waals surface area contributed by atoms with Crippen molar-refractivity contribution in [3.8, 4) is 5.75 Å². The van der Waals surface area contributed by atoms with E-state index in [0.29, 0.717) is 0 Å². The number of nitrogens with zero attached hydrogens (tertiary/aromatic N) is 2. The van der Waals surface area contributed by atoms with Crippen LogP contribution in [0.25, 0.3) is 0 Å². The number of hydrogen-bond acceptors (Lipinski definition) is 5. The van der Waals surface area contributed by atoms with Crippen molar-refractivity contribution in [3.05, 3.63) is 40.6 Å². The van der Waals surface area contributed by atoms with E-state index in [9.17, 15) is 0 Å². The minimum Gasteiger partial charge on any atom is -0.495 e. The lowest BCUT2D eigenvalue weighted by atomic mass is 10.1. The summed E-state index contributed by atoms with van der Waals surface area (Å²) in [5, 5.41) is 3.43. The Morgan fingerprint density at radius 1 is 1.35 bits per heavy atom. The van der Waals surface area contributed by atoms with Crippen molar-refractivity contribution in [1.29, 1.82) is 0 Å². The second-order valence-corrected chi connectivity index (χ2v) is 4.47. The Labute approximate surface area is 105 Å². The molecule has 1 atom stereocenters. The summed E-state index contributed by atoms with van der Waals surface area (Å²) in [7, 11) is 1.65. The summed E-state index contributed by atoms with van der Waals surface area (Å²) >= 11 is 1.64. The number of methoxy groups -OCH3 is 1. The summed E-state index contributed by atoms with van der Waals surface area (Å²) < 4.78 is 5.20. The van der Waals surface area contributed by atoms with Gasteiger partial charge in [0.05, 0.1) is 24.9 Å². The molecule has 1 unspecified atom stereocenters. The molecular weight excluding hydrogens is 234 g/mol. The van der Waals surface area contributed by atoms with Gasteiger partial charge in [0.1, 0.15) is 5.75 Å². The lowest BCUT2D eigenvalue weighted by Gasteiger charge is -2.16. The van der Waals surface area contributed by atoms with Crippen LogP contribution in [-0.2, 0) is 0 Å². The van der Waals surface area contributed by atoms with E-state index in [1.54, 1.807) is 24.6 Å². The van der Waals surface area contributed by atoms with Crippen LogP contribution < -0.4 is 10.1 Å². The van der Waals surface area contributed by atoms with E-state index in [1.807, 2.05) is 24.0 Å². The van der Waals surface area contributed by atoms with E-state index in [2.05, 4.69) is 22.2 Å². The topological polar surface area (TPSA) is 47.0 Å². The van der Waals surface area contributed by atoms with Gasteiger partial charge < -0.3 is 10.1 Å². The first-order chi connectivity index (χ1) is 8.35. The summed E-state index contributed by atoms with van der Waals surface area (Å²) in [5.41, 5.74) is 2.93. The predicted molar refractivity (Wildman–Crippen MR) is 68.4 cm³/mol. The molecule has 2 aromatic rings. The minimum absolute atomic E-state index is 0.134. The monoisotopic (exact) mass is 249 g/mol. The largest absolute Gasteiger partial charge is 0.495 e. The summed E-state index contributed by atoms with van der Waals surface area (Å²) in [6.07, 6.45) is 5.45. The molecule has 1 N–H and O–H groups in total. The fourth-order valence-corrected chi connectivity index (χ4v) is 2.38. The molecule has 0 radical (unpaired) electrons. The summed E-state index contributed by atoms with van der Waals surface area (Å²) in [5.74, 6) is 0.773. The van der Waals surface area contributed by atoms with Crippen LogP contribution in [0.2, 0.25) is 0 Å². The van der Waals surface area contributed by atoms with Crippen molar-refractivity contribution in [2.24, 2.45) is 0 Å². The zero-order chi connectivity index (χ0) is 12.1. The quantitative estimate of drug-likeness (QED) is 0.883. The van der Waals surface area contributed by atoms with Gasteiger partial charge in [0.15, 0.2) is 0 Å². The Kier molecular flexibility index (Phi) is 4.06. The van der Waals surface area contributed by atoms with E-state index in [4.69, 9.17) is 4.74 Å². The first-order valence-corrected chi connectivity index (χ1v) is 6.33. The fraction of sp³-hybridized carbons (Fsp3) is 0.333. The highest BCUT2D eigenvalue weighted by atomic mass is 32.1. The van der Waals surface area contributed by atoms with E-state index in [1.165, 1.54) is 4.88 Å². The third-order valence-electron chi connectivity index (χ3n) is 2.45. The van der Waals surface area contributed by atoms with E-state index in [0.717, 1.165) is 17.9 Å². The number of ether oxygens (including phenoxy) is 1. The normalized spacial score (nSPS) is 12.4. The molecule has 5 heteroatoms. The molecule has 2 heterocycles. The van der Waals surface area contributed by atoms with Gasteiger partial charge in [0.2, 0.25) is 0 Å². The van der Waals surface area contributed by atoms with Crippen LogP contribution in [0.3, 0.4) is 0 Å². The zero-order valence-electron chi connectivity index (χ0n) is 9.88. The molecule has 2 aromatic heterocycles. The molecule has 0 fully saturated rings. The maximum absolute atomic E-state index is 5.20. The Morgan fingerprint density at radius 2 is 2.24 bits per heavy atom. The van der Waals surface area contributed by atoms with Crippen molar-refractivity contribution >= 4 is 11.3 Å². The molecule has 0 aromatic carbocycles. The number of nitrogens with one attached hydrogen (secondary N) is 1.